The van der Waals surface area contributed by atoms with Crippen LogP contribution in [0.4, 0.5) is 10.5 Å². The van der Waals surface area contributed by atoms with Crippen molar-refractivity contribution in [2.45, 2.75) is 69.7 Å². The fourth-order valence-corrected chi connectivity index (χ4v) is 5.25. The van der Waals surface area contributed by atoms with Crippen molar-refractivity contribution in [3.63, 3.8) is 0 Å². The molecule has 0 bridgehead atoms. The third-order valence-electron chi connectivity index (χ3n) is 7.16. The van der Waals surface area contributed by atoms with Gasteiger partial charge in [0.1, 0.15) is 23.2 Å². The Labute approximate surface area is 211 Å². The number of nitrogens with zero attached hydrogens (tertiary/aromatic N) is 4. The van der Waals surface area contributed by atoms with Gasteiger partial charge in [0.2, 0.25) is 0 Å². The molecule has 3 aliphatic rings. The Morgan fingerprint density at radius 2 is 2.11 bits per heavy atom. The van der Waals surface area contributed by atoms with Crippen molar-refractivity contribution < 1.29 is 19.0 Å². The van der Waals surface area contributed by atoms with Gasteiger partial charge in [0.05, 0.1) is 36.8 Å². The highest BCUT2D eigenvalue weighted by Crippen LogP contribution is 2.34. The lowest BCUT2D eigenvalue weighted by molar-refractivity contribution is 0.0747. The number of amides is 1. The Balaban J connectivity index is 1.25. The summed E-state index contributed by atoms with van der Waals surface area (Å²) in [7, 11) is 1.95. The van der Waals surface area contributed by atoms with Crippen molar-refractivity contribution in [3.05, 3.63) is 30.7 Å². The Morgan fingerprint density at radius 1 is 1.28 bits per heavy atom. The van der Waals surface area contributed by atoms with Crippen LogP contribution in [0.2, 0.25) is 0 Å². The van der Waals surface area contributed by atoms with Gasteiger partial charge in [0.15, 0.2) is 0 Å². The van der Waals surface area contributed by atoms with Gasteiger partial charge in [-0.25, -0.2) is 14.8 Å². The molecule has 1 aromatic carbocycles. The number of rotatable bonds is 7. The Bertz CT molecular complexity index is 1130. The van der Waals surface area contributed by atoms with Crippen LogP contribution in [-0.4, -0.2) is 70.4 Å². The minimum Gasteiger partial charge on any atom is -0.490 e. The second-order valence-corrected chi connectivity index (χ2v) is 10.0. The number of ether oxygens (including phenoxy) is 3. The summed E-state index contributed by atoms with van der Waals surface area (Å²) in [5, 5.41) is 3.33. The SMILES string of the molecule is C[C@H]1CN(C2CCC(Oc3cc(N=C(N)/C=C\N[C@@H]4CCCOC4)c4ncn(C)c4c3)CC2)C(=O)O1. The number of imidazole rings is 1. The predicted molar refractivity (Wildman–Crippen MR) is 137 cm³/mol. The highest BCUT2D eigenvalue weighted by molar-refractivity contribution is 5.97. The van der Waals surface area contributed by atoms with Crippen LogP contribution in [0.25, 0.3) is 11.0 Å². The Kier molecular flexibility index (Phi) is 7.31. The van der Waals surface area contributed by atoms with Crippen LogP contribution >= 0.6 is 0 Å². The number of aryl methyl sites for hydroxylation is 1. The summed E-state index contributed by atoms with van der Waals surface area (Å²) >= 11 is 0. The molecule has 2 aromatic rings. The molecule has 1 amide bonds. The van der Waals surface area contributed by atoms with Gasteiger partial charge in [-0.3, -0.25) is 0 Å². The summed E-state index contributed by atoms with van der Waals surface area (Å²) in [5.41, 5.74) is 8.61. The number of hydrogen-bond donors (Lipinski definition) is 2. The van der Waals surface area contributed by atoms with Crippen molar-refractivity contribution in [3.8, 4) is 5.75 Å². The average Bonchev–Trinajstić information content (AvgIpc) is 3.41. The van der Waals surface area contributed by atoms with E-state index in [0.717, 1.165) is 61.9 Å². The van der Waals surface area contributed by atoms with E-state index in [2.05, 4.69) is 15.3 Å². The van der Waals surface area contributed by atoms with Gasteiger partial charge < -0.3 is 34.7 Å². The van der Waals surface area contributed by atoms with E-state index < -0.39 is 0 Å². The standard InChI is InChI=1S/C26H36N6O4/c1-17-14-32(26(33)35-17)19-5-7-20(8-6-19)36-21-12-22(25-23(13-21)31(2)16-29-25)30-24(27)9-10-28-18-4-3-11-34-15-18/h9-10,12-13,16-20,28H,3-8,11,14-15H2,1-2H3,(H2,27,30)/b10-9-/t17-,18+,19?,20?/m0/s1. The molecule has 10 nitrogen and oxygen atoms in total. The molecule has 36 heavy (non-hydrogen) atoms. The zero-order valence-corrected chi connectivity index (χ0v) is 21.1. The normalized spacial score (nSPS) is 27.6. The van der Waals surface area contributed by atoms with Gasteiger partial charge in [0.25, 0.3) is 0 Å². The lowest BCUT2D eigenvalue weighted by atomic mass is 9.92. The third-order valence-corrected chi connectivity index (χ3v) is 7.16. The number of carbonyl (C=O) groups excluding carboxylic acids is 1. The van der Waals surface area contributed by atoms with E-state index in [9.17, 15) is 4.79 Å². The number of nitrogens with two attached hydrogens (primary N) is 1. The highest BCUT2D eigenvalue weighted by atomic mass is 16.6. The minimum absolute atomic E-state index is 0.0320. The van der Waals surface area contributed by atoms with Crippen LogP contribution in [0.3, 0.4) is 0 Å². The van der Waals surface area contributed by atoms with Crippen LogP contribution in [0.5, 0.6) is 5.75 Å². The summed E-state index contributed by atoms with van der Waals surface area (Å²) in [6.45, 7) is 4.15. The largest absolute Gasteiger partial charge is 0.490 e. The number of aliphatic imine (C=N–C) groups is 1. The van der Waals surface area contributed by atoms with E-state index in [-0.39, 0.29) is 24.3 Å². The number of nitrogens with one attached hydrogen (secondary N) is 1. The first-order chi connectivity index (χ1) is 17.5. The van der Waals surface area contributed by atoms with Crippen LogP contribution in [0.15, 0.2) is 35.7 Å². The molecule has 1 aromatic heterocycles. The second kappa shape index (κ2) is 10.8. The zero-order valence-electron chi connectivity index (χ0n) is 21.1. The summed E-state index contributed by atoms with van der Waals surface area (Å²) in [4.78, 5) is 23.1. The predicted octanol–water partition coefficient (Wildman–Crippen LogP) is 3.38. The van der Waals surface area contributed by atoms with Gasteiger partial charge in [-0.05, 0) is 51.5 Å². The van der Waals surface area contributed by atoms with Crippen molar-refractivity contribution in [2.75, 3.05) is 19.8 Å². The van der Waals surface area contributed by atoms with Crippen LogP contribution in [0, 0.1) is 0 Å². The summed E-state index contributed by atoms with van der Waals surface area (Å²) in [6.07, 6.45) is 10.9. The lowest BCUT2D eigenvalue weighted by Crippen LogP contribution is -2.40. The molecule has 1 saturated carbocycles. The van der Waals surface area contributed by atoms with Crippen LogP contribution < -0.4 is 15.8 Å². The fraction of sp³-hybridized carbons (Fsp3) is 0.577. The number of benzene rings is 1. The molecule has 0 spiro atoms. The van der Waals surface area contributed by atoms with Gasteiger partial charge >= 0.3 is 6.09 Å². The molecule has 194 valence electrons. The summed E-state index contributed by atoms with van der Waals surface area (Å²) in [5.74, 6) is 1.13. The van der Waals surface area contributed by atoms with E-state index in [1.807, 2.05) is 41.8 Å². The van der Waals surface area contributed by atoms with Gasteiger partial charge in [-0.15, -0.1) is 0 Å². The lowest BCUT2D eigenvalue weighted by Gasteiger charge is -2.33. The molecule has 10 heteroatoms. The maximum absolute atomic E-state index is 12.1. The monoisotopic (exact) mass is 496 g/mol. The summed E-state index contributed by atoms with van der Waals surface area (Å²) in [6, 6.07) is 4.44. The van der Waals surface area contributed by atoms with E-state index in [1.165, 1.54) is 0 Å². The quantitative estimate of drug-likeness (QED) is 0.446. The molecular formula is C26H36N6O4. The van der Waals surface area contributed by atoms with E-state index in [1.54, 1.807) is 12.4 Å². The van der Waals surface area contributed by atoms with Gasteiger partial charge in [0, 0.05) is 44.1 Å². The molecular weight excluding hydrogens is 460 g/mol. The average molecular weight is 497 g/mol. The summed E-state index contributed by atoms with van der Waals surface area (Å²) < 4.78 is 19.2. The first-order valence-corrected chi connectivity index (χ1v) is 12.9. The second-order valence-electron chi connectivity index (χ2n) is 10.0. The third kappa shape index (κ3) is 5.59. The number of hydrogen-bond acceptors (Lipinski definition) is 7. The van der Waals surface area contributed by atoms with Crippen LogP contribution in [-0.2, 0) is 16.5 Å². The molecule has 0 radical (unpaired) electrons. The zero-order chi connectivity index (χ0) is 25.1. The first-order valence-electron chi connectivity index (χ1n) is 12.9. The fourth-order valence-electron chi connectivity index (χ4n) is 5.25. The van der Waals surface area contributed by atoms with E-state index in [4.69, 9.17) is 19.9 Å². The molecule has 3 N–H and O–H groups in total. The molecule has 2 saturated heterocycles. The highest BCUT2D eigenvalue weighted by Gasteiger charge is 2.36. The van der Waals surface area contributed by atoms with Crippen LogP contribution in [0.1, 0.15) is 45.4 Å². The molecule has 3 heterocycles. The number of fused-ring (bicyclic) bond motifs is 1. The molecule has 0 unspecified atom stereocenters. The minimum atomic E-state index is -0.190. The smallest absolute Gasteiger partial charge is 0.410 e. The van der Waals surface area contributed by atoms with Crippen molar-refractivity contribution in [2.24, 2.45) is 17.8 Å². The molecule has 2 atom stereocenters. The maximum atomic E-state index is 12.1. The Morgan fingerprint density at radius 3 is 2.83 bits per heavy atom. The maximum Gasteiger partial charge on any atom is 0.410 e. The van der Waals surface area contributed by atoms with E-state index in [0.29, 0.717) is 30.7 Å². The van der Waals surface area contributed by atoms with E-state index >= 15 is 0 Å². The topological polar surface area (TPSA) is 116 Å². The number of cyclic esters (lactones) is 1. The molecule has 3 fully saturated rings. The van der Waals surface area contributed by atoms with Gasteiger partial charge in [-0.2, -0.15) is 0 Å². The molecule has 5 rings (SSSR count). The number of aromatic nitrogens is 2. The Hall–Kier alpha value is -3.27. The molecule has 2 aliphatic heterocycles. The van der Waals surface area contributed by atoms with Crippen molar-refractivity contribution >= 4 is 28.6 Å². The number of carbonyl (C=O) groups is 1. The molecule has 1 aliphatic carbocycles. The first kappa shape index (κ1) is 24.4. The van der Waals surface area contributed by atoms with Crippen molar-refractivity contribution in [1.29, 1.82) is 0 Å². The van der Waals surface area contributed by atoms with Crippen molar-refractivity contribution in [1.82, 2.24) is 19.8 Å². The van der Waals surface area contributed by atoms with Gasteiger partial charge in [-0.1, -0.05) is 0 Å². The number of amidine groups is 1.